The molecule has 0 aliphatic rings. The lowest BCUT2D eigenvalue weighted by atomic mass is 10.1. The van der Waals surface area contributed by atoms with Crippen molar-refractivity contribution in [2.75, 3.05) is 20.7 Å². The van der Waals surface area contributed by atoms with Crippen molar-refractivity contribution < 1.29 is 18.7 Å². The number of hydrogen-bond donors (Lipinski definition) is 1. The van der Waals surface area contributed by atoms with Crippen LogP contribution in [0.1, 0.15) is 24.2 Å². The number of methoxy groups -OCH3 is 1. The van der Waals surface area contributed by atoms with Crippen molar-refractivity contribution in [2.24, 2.45) is 0 Å². The summed E-state index contributed by atoms with van der Waals surface area (Å²) in [5.41, 5.74) is -0.0920. The Morgan fingerprint density at radius 2 is 2.05 bits per heavy atom. The van der Waals surface area contributed by atoms with Gasteiger partial charge in [-0.15, -0.1) is 0 Å². The Morgan fingerprint density at radius 1 is 1.40 bits per heavy atom. The second kappa shape index (κ2) is 6.88. The second-order valence-corrected chi connectivity index (χ2v) is 4.73. The van der Waals surface area contributed by atoms with Crippen LogP contribution >= 0.6 is 0 Å². The van der Waals surface area contributed by atoms with E-state index < -0.39 is 11.7 Å². The summed E-state index contributed by atoms with van der Waals surface area (Å²) in [6, 6.07) is 3.96. The standard InChI is InChI=1S/C14H19FN2O3/c1-9(2)16-13(18)8-17(3)14(19)11-6-5-10(20-4)7-12(11)15/h5-7,9H,8H2,1-4H3,(H,16,18). The Bertz CT molecular complexity index is 503. The maximum absolute atomic E-state index is 13.8. The molecule has 0 bridgehead atoms. The van der Waals surface area contributed by atoms with Gasteiger partial charge in [0, 0.05) is 19.2 Å². The first kappa shape index (κ1) is 15.9. The molecule has 0 fully saturated rings. The zero-order valence-corrected chi connectivity index (χ0v) is 12.1. The first-order valence-electron chi connectivity index (χ1n) is 6.23. The third-order valence-electron chi connectivity index (χ3n) is 2.58. The van der Waals surface area contributed by atoms with Crippen LogP contribution in [0.4, 0.5) is 4.39 Å². The minimum Gasteiger partial charge on any atom is -0.497 e. The smallest absolute Gasteiger partial charge is 0.257 e. The van der Waals surface area contributed by atoms with Crippen LogP contribution in [0, 0.1) is 5.82 Å². The number of likely N-dealkylation sites (N-methyl/N-ethyl adjacent to an activating group) is 1. The predicted molar refractivity (Wildman–Crippen MR) is 73.2 cm³/mol. The van der Waals surface area contributed by atoms with E-state index in [1.807, 2.05) is 13.8 Å². The van der Waals surface area contributed by atoms with E-state index in [1.165, 1.54) is 31.2 Å². The number of nitrogens with zero attached hydrogens (tertiary/aromatic N) is 1. The zero-order chi connectivity index (χ0) is 15.3. The molecule has 0 atom stereocenters. The van der Waals surface area contributed by atoms with Crippen molar-refractivity contribution >= 4 is 11.8 Å². The number of ether oxygens (including phenoxy) is 1. The van der Waals surface area contributed by atoms with Crippen molar-refractivity contribution in [3.8, 4) is 5.75 Å². The highest BCUT2D eigenvalue weighted by molar-refractivity contribution is 5.96. The lowest BCUT2D eigenvalue weighted by Crippen LogP contribution is -2.41. The van der Waals surface area contributed by atoms with Crippen molar-refractivity contribution in [3.05, 3.63) is 29.6 Å². The van der Waals surface area contributed by atoms with Crippen LogP contribution in [0.25, 0.3) is 0 Å². The molecule has 2 amide bonds. The van der Waals surface area contributed by atoms with Crippen LogP contribution in [-0.4, -0.2) is 43.5 Å². The Morgan fingerprint density at radius 3 is 2.55 bits per heavy atom. The largest absolute Gasteiger partial charge is 0.497 e. The van der Waals surface area contributed by atoms with E-state index in [0.717, 1.165) is 6.07 Å². The zero-order valence-electron chi connectivity index (χ0n) is 12.1. The quantitative estimate of drug-likeness (QED) is 0.889. The minimum atomic E-state index is -0.675. The van der Waals surface area contributed by atoms with Gasteiger partial charge in [-0.3, -0.25) is 9.59 Å². The summed E-state index contributed by atoms with van der Waals surface area (Å²) < 4.78 is 18.6. The topological polar surface area (TPSA) is 58.6 Å². The molecule has 0 unspecified atom stereocenters. The van der Waals surface area contributed by atoms with Crippen LogP contribution in [-0.2, 0) is 4.79 Å². The van der Waals surface area contributed by atoms with E-state index in [4.69, 9.17) is 4.74 Å². The van der Waals surface area contributed by atoms with E-state index in [1.54, 1.807) is 0 Å². The van der Waals surface area contributed by atoms with Gasteiger partial charge in [0.15, 0.2) is 0 Å². The molecule has 0 saturated carbocycles. The molecule has 5 nitrogen and oxygen atoms in total. The molecule has 6 heteroatoms. The van der Waals surface area contributed by atoms with Gasteiger partial charge >= 0.3 is 0 Å². The number of carbonyl (C=O) groups is 2. The molecule has 1 aromatic rings. The van der Waals surface area contributed by atoms with E-state index in [2.05, 4.69) is 5.32 Å². The third-order valence-corrected chi connectivity index (χ3v) is 2.58. The number of halogens is 1. The van der Waals surface area contributed by atoms with E-state index in [0.29, 0.717) is 5.75 Å². The summed E-state index contributed by atoms with van der Waals surface area (Å²) in [5, 5.41) is 2.67. The third kappa shape index (κ3) is 4.22. The molecular formula is C14H19FN2O3. The Balaban J connectivity index is 2.76. The normalized spacial score (nSPS) is 10.3. The fraction of sp³-hybridized carbons (Fsp3) is 0.429. The number of rotatable bonds is 5. The fourth-order valence-corrected chi connectivity index (χ4v) is 1.66. The molecule has 110 valence electrons. The van der Waals surface area contributed by atoms with Crippen LogP contribution in [0.5, 0.6) is 5.75 Å². The average molecular weight is 282 g/mol. The average Bonchev–Trinajstić information content (AvgIpc) is 2.36. The summed E-state index contributed by atoms with van der Waals surface area (Å²) >= 11 is 0. The second-order valence-electron chi connectivity index (χ2n) is 4.73. The highest BCUT2D eigenvalue weighted by Crippen LogP contribution is 2.17. The molecule has 0 spiro atoms. The first-order chi connectivity index (χ1) is 9.35. The number of nitrogens with one attached hydrogen (secondary N) is 1. The maximum Gasteiger partial charge on any atom is 0.257 e. The molecule has 0 aromatic heterocycles. The number of hydrogen-bond acceptors (Lipinski definition) is 3. The van der Waals surface area contributed by atoms with Crippen molar-refractivity contribution in [1.29, 1.82) is 0 Å². The van der Waals surface area contributed by atoms with Crippen LogP contribution in [0.2, 0.25) is 0 Å². The van der Waals surface area contributed by atoms with Gasteiger partial charge < -0.3 is 15.0 Å². The number of benzene rings is 1. The molecular weight excluding hydrogens is 263 g/mol. The number of amides is 2. The van der Waals surface area contributed by atoms with Gasteiger partial charge in [-0.2, -0.15) is 0 Å². The maximum atomic E-state index is 13.8. The first-order valence-corrected chi connectivity index (χ1v) is 6.23. The SMILES string of the molecule is COc1ccc(C(=O)N(C)CC(=O)NC(C)C)c(F)c1. The monoisotopic (exact) mass is 282 g/mol. The Kier molecular flexibility index (Phi) is 5.49. The molecule has 0 saturated heterocycles. The summed E-state index contributed by atoms with van der Waals surface area (Å²) in [4.78, 5) is 24.8. The molecule has 1 rings (SSSR count). The molecule has 0 aliphatic carbocycles. The number of carbonyl (C=O) groups excluding carboxylic acids is 2. The van der Waals surface area contributed by atoms with Gasteiger partial charge in [-0.1, -0.05) is 0 Å². The Hall–Kier alpha value is -2.11. The van der Waals surface area contributed by atoms with Crippen LogP contribution in [0.3, 0.4) is 0 Å². The predicted octanol–water partition coefficient (Wildman–Crippen LogP) is 1.43. The molecule has 1 N–H and O–H groups in total. The van der Waals surface area contributed by atoms with Gasteiger partial charge in [0.2, 0.25) is 5.91 Å². The van der Waals surface area contributed by atoms with Gasteiger partial charge in [0.1, 0.15) is 11.6 Å². The summed E-state index contributed by atoms with van der Waals surface area (Å²) in [7, 11) is 2.87. The molecule has 0 aliphatic heterocycles. The van der Waals surface area contributed by atoms with Crippen molar-refractivity contribution in [1.82, 2.24) is 10.2 Å². The van der Waals surface area contributed by atoms with E-state index >= 15 is 0 Å². The van der Waals surface area contributed by atoms with E-state index in [-0.39, 0.29) is 24.1 Å². The highest BCUT2D eigenvalue weighted by atomic mass is 19.1. The summed E-state index contributed by atoms with van der Waals surface area (Å²) in [6.07, 6.45) is 0. The van der Waals surface area contributed by atoms with Crippen LogP contribution < -0.4 is 10.1 Å². The lowest BCUT2D eigenvalue weighted by molar-refractivity contribution is -0.122. The molecule has 20 heavy (non-hydrogen) atoms. The Labute approximate surface area is 117 Å². The van der Waals surface area contributed by atoms with Crippen molar-refractivity contribution in [2.45, 2.75) is 19.9 Å². The minimum absolute atomic E-state index is 0.0104. The highest BCUT2D eigenvalue weighted by Gasteiger charge is 2.19. The van der Waals surface area contributed by atoms with Gasteiger partial charge in [0.05, 0.1) is 19.2 Å². The van der Waals surface area contributed by atoms with Crippen molar-refractivity contribution in [3.63, 3.8) is 0 Å². The lowest BCUT2D eigenvalue weighted by Gasteiger charge is -2.18. The molecule has 0 radical (unpaired) electrons. The van der Waals surface area contributed by atoms with Gasteiger partial charge in [-0.25, -0.2) is 4.39 Å². The fourth-order valence-electron chi connectivity index (χ4n) is 1.66. The summed E-state index contributed by atoms with van der Waals surface area (Å²) in [5.74, 6) is -1.18. The molecule has 1 aromatic carbocycles. The summed E-state index contributed by atoms with van der Waals surface area (Å²) in [6.45, 7) is 3.52. The molecule has 0 heterocycles. The van der Waals surface area contributed by atoms with Gasteiger partial charge in [0.25, 0.3) is 5.91 Å². The van der Waals surface area contributed by atoms with E-state index in [9.17, 15) is 14.0 Å². The van der Waals surface area contributed by atoms with Gasteiger partial charge in [-0.05, 0) is 26.0 Å². The van der Waals surface area contributed by atoms with Crippen LogP contribution in [0.15, 0.2) is 18.2 Å².